The number of aryl methyl sites for hydroxylation is 2. The van der Waals surface area contributed by atoms with Crippen LogP contribution in [0.3, 0.4) is 0 Å². The molecule has 0 unspecified atom stereocenters. The van der Waals surface area contributed by atoms with Crippen molar-refractivity contribution in [1.82, 2.24) is 24.5 Å². The second kappa shape index (κ2) is 7.72. The van der Waals surface area contributed by atoms with Gasteiger partial charge in [0.15, 0.2) is 0 Å². The second-order valence-electron chi connectivity index (χ2n) is 6.47. The van der Waals surface area contributed by atoms with E-state index in [2.05, 4.69) is 5.10 Å². The minimum Gasteiger partial charge on any atom is -0.335 e. The second-order valence-corrected chi connectivity index (χ2v) is 6.88. The summed E-state index contributed by atoms with van der Waals surface area (Å²) in [5.41, 5.74) is 4.76. The number of hydrogen-bond acceptors (Lipinski definition) is 3. The van der Waals surface area contributed by atoms with Crippen molar-refractivity contribution >= 4 is 28.4 Å². The van der Waals surface area contributed by atoms with Gasteiger partial charge in [0.1, 0.15) is 0 Å². The molecule has 1 amide bonds. The molecule has 0 atom stereocenters. The molecule has 0 saturated heterocycles. The molecule has 1 aliphatic rings. The molecule has 7 heteroatoms. The molecule has 1 aromatic carbocycles. The van der Waals surface area contributed by atoms with Gasteiger partial charge >= 0.3 is 0 Å². The highest BCUT2D eigenvalue weighted by atomic mass is 35.5. The van der Waals surface area contributed by atoms with Crippen LogP contribution in [0, 0.1) is 6.92 Å². The first-order valence-electron chi connectivity index (χ1n) is 9.46. The van der Waals surface area contributed by atoms with Gasteiger partial charge in [0.25, 0.3) is 0 Å². The molecule has 144 valence electrons. The Morgan fingerprint density at radius 2 is 2.00 bits per heavy atom. The van der Waals surface area contributed by atoms with E-state index >= 15 is 0 Å². The third-order valence-corrected chi connectivity index (χ3v) is 5.27. The van der Waals surface area contributed by atoms with Crippen LogP contribution in [0.2, 0.25) is 5.02 Å². The average Bonchev–Trinajstić information content (AvgIpc) is 3.29. The Bertz CT molecular complexity index is 988. The largest absolute Gasteiger partial charge is 0.335 e. The van der Waals surface area contributed by atoms with E-state index in [9.17, 15) is 4.79 Å². The molecule has 0 aliphatic carbocycles. The number of rotatable bonds is 2. The van der Waals surface area contributed by atoms with Crippen LogP contribution in [-0.2, 0) is 24.9 Å². The molecule has 0 spiro atoms. The van der Waals surface area contributed by atoms with Crippen molar-refractivity contribution in [2.24, 2.45) is 7.05 Å². The van der Waals surface area contributed by atoms with E-state index in [1.54, 1.807) is 4.68 Å². The number of nitrogens with zero attached hydrogens (tertiary/aromatic N) is 5. The predicted molar refractivity (Wildman–Crippen MR) is 109 cm³/mol. The quantitative estimate of drug-likeness (QED) is 0.662. The first kappa shape index (κ1) is 19.4. The highest BCUT2D eigenvalue weighted by molar-refractivity contribution is 6.33. The molecule has 0 bridgehead atoms. The number of fused-ring (bicyclic) bond motifs is 3. The Morgan fingerprint density at radius 1 is 1.26 bits per heavy atom. The fraction of sp³-hybridized carbons (Fsp3) is 0.450. The smallest absolute Gasteiger partial charge is 0.222 e. The molecule has 4 rings (SSSR count). The van der Waals surface area contributed by atoms with E-state index in [1.807, 2.05) is 62.7 Å². The van der Waals surface area contributed by atoms with Crippen molar-refractivity contribution in [1.29, 1.82) is 0 Å². The predicted octanol–water partition coefficient (Wildman–Crippen LogP) is 4.18. The van der Waals surface area contributed by atoms with Crippen LogP contribution in [-0.4, -0.2) is 36.9 Å². The van der Waals surface area contributed by atoms with E-state index in [1.165, 1.54) is 0 Å². The lowest BCUT2D eigenvalue weighted by Gasteiger charge is -2.27. The third-order valence-electron chi connectivity index (χ3n) is 4.88. The number of aromatic nitrogens is 4. The first-order valence-corrected chi connectivity index (χ1v) is 9.83. The number of carbonyl (C=O) groups is 1. The van der Waals surface area contributed by atoms with Gasteiger partial charge in [-0.3, -0.25) is 14.2 Å². The van der Waals surface area contributed by atoms with Crippen LogP contribution >= 0.6 is 11.6 Å². The molecular weight excluding hydrogens is 362 g/mol. The number of halogens is 1. The Balaban J connectivity index is 0.00000102. The van der Waals surface area contributed by atoms with Crippen molar-refractivity contribution in [2.75, 3.05) is 6.54 Å². The maximum absolute atomic E-state index is 12.2. The van der Waals surface area contributed by atoms with Crippen LogP contribution in [0.15, 0.2) is 18.3 Å². The Morgan fingerprint density at radius 3 is 2.63 bits per heavy atom. The molecular formula is C20H26ClN5O. The number of hydrogen-bond donors (Lipinski definition) is 0. The monoisotopic (exact) mass is 387 g/mol. The molecule has 6 nitrogen and oxygen atoms in total. The minimum absolute atomic E-state index is 0.172. The summed E-state index contributed by atoms with van der Waals surface area (Å²) in [5, 5.41) is 11.1. The van der Waals surface area contributed by atoms with E-state index in [0.717, 1.165) is 33.4 Å². The molecule has 0 fully saturated rings. The molecule has 3 heterocycles. The minimum atomic E-state index is 0.172. The summed E-state index contributed by atoms with van der Waals surface area (Å²) < 4.78 is 3.79. The maximum Gasteiger partial charge on any atom is 0.222 e. The van der Waals surface area contributed by atoms with Gasteiger partial charge in [0.05, 0.1) is 30.0 Å². The van der Waals surface area contributed by atoms with Gasteiger partial charge < -0.3 is 4.90 Å². The van der Waals surface area contributed by atoms with Crippen LogP contribution < -0.4 is 0 Å². The highest BCUT2D eigenvalue weighted by Gasteiger charge is 2.26. The van der Waals surface area contributed by atoms with Crippen LogP contribution in [0.5, 0.6) is 0 Å². The number of benzene rings is 1. The van der Waals surface area contributed by atoms with Gasteiger partial charge in [-0.05, 0) is 24.6 Å². The fourth-order valence-corrected chi connectivity index (χ4v) is 3.68. The lowest BCUT2D eigenvalue weighted by Crippen LogP contribution is -2.38. The van der Waals surface area contributed by atoms with E-state index in [4.69, 9.17) is 16.7 Å². The molecule has 0 radical (unpaired) electrons. The molecule has 27 heavy (non-hydrogen) atoms. The number of amides is 1. The van der Waals surface area contributed by atoms with Crippen LogP contribution in [0.25, 0.3) is 22.2 Å². The lowest BCUT2D eigenvalue weighted by atomic mass is 10.0. The Labute approximate surface area is 164 Å². The van der Waals surface area contributed by atoms with Gasteiger partial charge in [-0.15, -0.1) is 0 Å². The van der Waals surface area contributed by atoms with Crippen molar-refractivity contribution in [2.45, 2.75) is 47.2 Å². The van der Waals surface area contributed by atoms with E-state index in [-0.39, 0.29) is 5.91 Å². The third kappa shape index (κ3) is 3.34. The van der Waals surface area contributed by atoms with Gasteiger partial charge in [-0.2, -0.15) is 10.2 Å². The summed E-state index contributed by atoms with van der Waals surface area (Å²) in [6.45, 7) is 9.86. The van der Waals surface area contributed by atoms with Crippen LogP contribution in [0.1, 0.15) is 38.4 Å². The SMILES string of the molecule is CC.CCC(=O)N1CCn2nc3c(C)c(Cl)cc(-c4ccn(C)n4)c3c2C1. The zero-order valence-electron chi connectivity index (χ0n) is 16.6. The Hall–Kier alpha value is -2.34. The first-order chi connectivity index (χ1) is 13.0. The summed E-state index contributed by atoms with van der Waals surface area (Å²) in [5.74, 6) is 0.172. The lowest BCUT2D eigenvalue weighted by molar-refractivity contribution is -0.132. The zero-order chi connectivity index (χ0) is 19.7. The average molecular weight is 388 g/mol. The summed E-state index contributed by atoms with van der Waals surface area (Å²) in [7, 11) is 1.89. The molecule has 3 aromatic rings. The molecule has 1 aliphatic heterocycles. The molecule has 0 saturated carbocycles. The fourth-order valence-electron chi connectivity index (χ4n) is 3.48. The summed E-state index contributed by atoms with van der Waals surface area (Å²) in [6, 6.07) is 3.94. The van der Waals surface area contributed by atoms with Gasteiger partial charge in [-0.1, -0.05) is 32.4 Å². The standard InChI is InChI=1S/C18H20ClN5O.C2H6/c1-4-16(25)23-7-8-24-15(10-23)17-12(14-5-6-22(3)20-14)9-13(19)11(2)18(17)21-24;1-2/h5-6,9H,4,7-8,10H2,1-3H3;1-2H3. The Kier molecular flexibility index (Phi) is 5.56. The van der Waals surface area contributed by atoms with Crippen molar-refractivity contribution in [3.8, 4) is 11.3 Å². The molecule has 2 aromatic heterocycles. The number of carbonyl (C=O) groups excluding carboxylic acids is 1. The topological polar surface area (TPSA) is 56.0 Å². The van der Waals surface area contributed by atoms with Crippen molar-refractivity contribution in [3.05, 3.63) is 34.6 Å². The normalized spacial score (nSPS) is 13.3. The molecule has 0 N–H and O–H groups in total. The van der Waals surface area contributed by atoms with Crippen LogP contribution in [0.4, 0.5) is 0 Å². The van der Waals surface area contributed by atoms with Crippen molar-refractivity contribution in [3.63, 3.8) is 0 Å². The maximum atomic E-state index is 12.2. The summed E-state index contributed by atoms with van der Waals surface area (Å²) in [4.78, 5) is 14.1. The summed E-state index contributed by atoms with van der Waals surface area (Å²) >= 11 is 6.47. The van der Waals surface area contributed by atoms with Gasteiger partial charge in [0.2, 0.25) is 5.91 Å². The van der Waals surface area contributed by atoms with Gasteiger partial charge in [-0.25, -0.2) is 0 Å². The van der Waals surface area contributed by atoms with Crippen molar-refractivity contribution < 1.29 is 4.79 Å². The van der Waals surface area contributed by atoms with E-state index < -0.39 is 0 Å². The van der Waals surface area contributed by atoms with Gasteiger partial charge in [0, 0.05) is 42.2 Å². The highest BCUT2D eigenvalue weighted by Crippen LogP contribution is 2.37. The van der Waals surface area contributed by atoms with E-state index in [0.29, 0.717) is 31.1 Å². The summed E-state index contributed by atoms with van der Waals surface area (Å²) in [6.07, 6.45) is 2.43. The zero-order valence-corrected chi connectivity index (χ0v) is 17.3.